The molecule has 1 aromatic carbocycles. The highest BCUT2D eigenvalue weighted by molar-refractivity contribution is 5.76. The highest BCUT2D eigenvalue weighted by atomic mass is 16.5. The average Bonchev–Trinajstić information content (AvgIpc) is 3.42. The molecule has 8 heteroatoms. The van der Waals surface area contributed by atoms with E-state index in [2.05, 4.69) is 15.3 Å². The van der Waals surface area contributed by atoms with E-state index in [1.54, 1.807) is 4.90 Å². The van der Waals surface area contributed by atoms with Crippen molar-refractivity contribution < 1.29 is 18.9 Å². The van der Waals surface area contributed by atoms with E-state index in [1.165, 1.54) is 0 Å². The first-order valence-corrected chi connectivity index (χ1v) is 9.34. The van der Waals surface area contributed by atoms with Crippen LogP contribution in [0.3, 0.4) is 0 Å². The first kappa shape index (κ1) is 18.4. The molecule has 0 saturated carbocycles. The molecule has 3 aromatic rings. The molecule has 1 aliphatic heterocycles. The fourth-order valence-corrected chi connectivity index (χ4v) is 3.46. The zero-order chi connectivity index (χ0) is 19.5. The maximum atomic E-state index is 12.5. The Bertz CT molecular complexity index is 937. The first-order chi connectivity index (χ1) is 13.6. The Hall–Kier alpha value is -3.00. The lowest BCUT2D eigenvalue weighted by Gasteiger charge is -2.15. The van der Waals surface area contributed by atoms with E-state index in [-0.39, 0.29) is 18.2 Å². The maximum Gasteiger partial charge on any atom is 0.227 e. The SMILES string of the molecule is Cc1cc(C[C@@H]2CN(C(=O)CCc3nc(-c4ccccc4)no3)C[C@H]2O)on1. The number of aromatic nitrogens is 3. The molecular weight excluding hydrogens is 360 g/mol. The summed E-state index contributed by atoms with van der Waals surface area (Å²) in [5.41, 5.74) is 1.68. The Balaban J connectivity index is 1.30. The quantitative estimate of drug-likeness (QED) is 0.695. The third-order valence-electron chi connectivity index (χ3n) is 4.95. The minimum absolute atomic E-state index is 0.0326. The highest BCUT2D eigenvalue weighted by Crippen LogP contribution is 2.23. The predicted octanol–water partition coefficient (Wildman–Crippen LogP) is 2.03. The molecule has 0 aliphatic carbocycles. The van der Waals surface area contributed by atoms with E-state index in [4.69, 9.17) is 9.05 Å². The van der Waals surface area contributed by atoms with Gasteiger partial charge in [-0.2, -0.15) is 4.98 Å². The Morgan fingerprint density at radius 1 is 1.21 bits per heavy atom. The van der Waals surface area contributed by atoms with Crippen molar-refractivity contribution in [3.05, 3.63) is 53.7 Å². The molecular formula is C20H22N4O4. The third-order valence-corrected chi connectivity index (χ3v) is 4.95. The van der Waals surface area contributed by atoms with Crippen LogP contribution in [-0.2, 0) is 17.6 Å². The van der Waals surface area contributed by atoms with Gasteiger partial charge in [-0.05, 0) is 6.92 Å². The van der Waals surface area contributed by atoms with Gasteiger partial charge in [0.2, 0.25) is 17.6 Å². The van der Waals surface area contributed by atoms with Gasteiger partial charge < -0.3 is 19.1 Å². The van der Waals surface area contributed by atoms with Gasteiger partial charge >= 0.3 is 0 Å². The smallest absolute Gasteiger partial charge is 0.227 e. The van der Waals surface area contributed by atoms with Crippen molar-refractivity contribution in [2.75, 3.05) is 13.1 Å². The van der Waals surface area contributed by atoms with E-state index < -0.39 is 6.10 Å². The highest BCUT2D eigenvalue weighted by Gasteiger charge is 2.34. The molecule has 2 aromatic heterocycles. The molecule has 2 atom stereocenters. The monoisotopic (exact) mass is 382 g/mol. The number of benzene rings is 1. The molecule has 8 nitrogen and oxygen atoms in total. The number of likely N-dealkylation sites (tertiary alicyclic amines) is 1. The topological polar surface area (TPSA) is 105 Å². The van der Waals surface area contributed by atoms with Crippen molar-refractivity contribution >= 4 is 5.91 Å². The van der Waals surface area contributed by atoms with Crippen LogP contribution in [0.2, 0.25) is 0 Å². The number of hydrogen-bond donors (Lipinski definition) is 1. The van der Waals surface area contributed by atoms with Gasteiger partial charge in [-0.1, -0.05) is 40.6 Å². The lowest BCUT2D eigenvalue weighted by Crippen LogP contribution is -2.29. The Morgan fingerprint density at radius 3 is 2.79 bits per heavy atom. The van der Waals surface area contributed by atoms with Crippen LogP contribution in [0.1, 0.15) is 23.8 Å². The van der Waals surface area contributed by atoms with Gasteiger partial charge in [-0.15, -0.1) is 0 Å². The molecule has 1 N–H and O–H groups in total. The molecule has 1 amide bonds. The van der Waals surface area contributed by atoms with E-state index >= 15 is 0 Å². The number of rotatable bonds is 6. The van der Waals surface area contributed by atoms with Crippen LogP contribution in [0, 0.1) is 12.8 Å². The van der Waals surface area contributed by atoms with Crippen LogP contribution < -0.4 is 0 Å². The molecule has 28 heavy (non-hydrogen) atoms. The summed E-state index contributed by atoms with van der Waals surface area (Å²) in [6, 6.07) is 11.4. The standard InChI is InChI=1S/C20H22N4O4/c1-13-9-16(27-22-13)10-15-11-24(12-17(15)25)19(26)8-7-18-21-20(23-28-18)14-5-3-2-4-6-14/h2-6,9,15,17,25H,7-8,10-12H2,1H3/t15-,17-/m1/s1. The number of carbonyl (C=O) groups is 1. The third kappa shape index (κ3) is 4.12. The molecule has 1 fully saturated rings. The summed E-state index contributed by atoms with van der Waals surface area (Å²) in [5, 5.41) is 18.1. The van der Waals surface area contributed by atoms with Crippen molar-refractivity contribution in [2.45, 2.75) is 32.3 Å². The number of aliphatic hydroxyl groups excluding tert-OH is 1. The number of aliphatic hydroxyl groups is 1. The molecule has 3 heterocycles. The van der Waals surface area contributed by atoms with Crippen LogP contribution in [0.5, 0.6) is 0 Å². The van der Waals surface area contributed by atoms with Crippen molar-refractivity contribution in [2.24, 2.45) is 5.92 Å². The summed E-state index contributed by atoms with van der Waals surface area (Å²) in [6.45, 7) is 2.68. The van der Waals surface area contributed by atoms with Gasteiger partial charge in [0.25, 0.3) is 0 Å². The molecule has 146 valence electrons. The number of hydrogen-bond acceptors (Lipinski definition) is 7. The van der Waals surface area contributed by atoms with Crippen LogP contribution in [0.4, 0.5) is 0 Å². The van der Waals surface area contributed by atoms with Crippen molar-refractivity contribution in [1.29, 1.82) is 0 Å². The van der Waals surface area contributed by atoms with Crippen LogP contribution in [-0.4, -0.2) is 50.4 Å². The van der Waals surface area contributed by atoms with Crippen LogP contribution in [0.25, 0.3) is 11.4 Å². The van der Waals surface area contributed by atoms with Crippen LogP contribution in [0.15, 0.2) is 45.4 Å². The number of carbonyl (C=O) groups excluding carboxylic acids is 1. The van der Waals surface area contributed by atoms with Gasteiger partial charge in [0.1, 0.15) is 5.76 Å². The van der Waals surface area contributed by atoms with E-state index in [0.717, 1.165) is 17.0 Å². The van der Waals surface area contributed by atoms with Gasteiger partial charge in [-0.25, -0.2) is 0 Å². The molecule has 4 rings (SSSR count). The van der Waals surface area contributed by atoms with E-state index in [1.807, 2.05) is 43.3 Å². The molecule has 1 aliphatic rings. The second-order valence-electron chi connectivity index (χ2n) is 7.14. The summed E-state index contributed by atoms with van der Waals surface area (Å²) < 4.78 is 10.5. The lowest BCUT2D eigenvalue weighted by atomic mass is 10.0. The fourth-order valence-electron chi connectivity index (χ4n) is 3.46. The molecule has 1 saturated heterocycles. The minimum atomic E-state index is -0.567. The van der Waals surface area contributed by atoms with Crippen molar-refractivity contribution in [1.82, 2.24) is 20.2 Å². The fraction of sp³-hybridized carbons (Fsp3) is 0.400. The number of amides is 1. The second-order valence-corrected chi connectivity index (χ2v) is 7.14. The van der Waals surface area contributed by atoms with Crippen LogP contribution >= 0.6 is 0 Å². The largest absolute Gasteiger partial charge is 0.391 e. The summed E-state index contributed by atoms with van der Waals surface area (Å²) in [6.07, 6.45) is 0.632. The summed E-state index contributed by atoms with van der Waals surface area (Å²) in [4.78, 5) is 18.6. The summed E-state index contributed by atoms with van der Waals surface area (Å²) in [7, 11) is 0. The normalized spacial score (nSPS) is 19.3. The molecule has 0 bridgehead atoms. The Kier molecular flexibility index (Phi) is 5.21. The van der Waals surface area contributed by atoms with Gasteiger partial charge in [0.05, 0.1) is 11.8 Å². The lowest BCUT2D eigenvalue weighted by molar-refractivity contribution is -0.130. The van der Waals surface area contributed by atoms with Gasteiger partial charge in [-0.3, -0.25) is 4.79 Å². The predicted molar refractivity (Wildman–Crippen MR) is 99.1 cm³/mol. The van der Waals surface area contributed by atoms with Crippen molar-refractivity contribution in [3.63, 3.8) is 0 Å². The van der Waals surface area contributed by atoms with E-state index in [0.29, 0.717) is 37.6 Å². The zero-order valence-electron chi connectivity index (χ0n) is 15.6. The second kappa shape index (κ2) is 7.93. The Labute approximate surface area is 162 Å². The van der Waals surface area contributed by atoms with Crippen molar-refractivity contribution in [3.8, 4) is 11.4 Å². The molecule has 0 radical (unpaired) electrons. The summed E-state index contributed by atoms with van der Waals surface area (Å²) in [5.74, 6) is 1.59. The van der Waals surface area contributed by atoms with Gasteiger partial charge in [0, 0.05) is 49.9 Å². The average molecular weight is 382 g/mol. The number of nitrogens with zero attached hydrogens (tertiary/aromatic N) is 4. The maximum absolute atomic E-state index is 12.5. The zero-order valence-corrected chi connectivity index (χ0v) is 15.6. The first-order valence-electron chi connectivity index (χ1n) is 9.34. The minimum Gasteiger partial charge on any atom is -0.391 e. The molecule has 0 unspecified atom stereocenters. The Morgan fingerprint density at radius 2 is 2.04 bits per heavy atom. The number of β-amino-alcohol motifs (C(OH)–C–C–N with tert-alkyl or cyclic N) is 1. The molecule has 0 spiro atoms. The van der Waals surface area contributed by atoms with E-state index in [9.17, 15) is 9.90 Å². The van der Waals surface area contributed by atoms with Gasteiger partial charge in [0.15, 0.2) is 0 Å². The summed E-state index contributed by atoms with van der Waals surface area (Å²) >= 11 is 0. The number of aryl methyl sites for hydroxylation is 2.